The molecule has 0 radical (unpaired) electrons. The first-order chi connectivity index (χ1) is 13.0. The van der Waals surface area contributed by atoms with Gasteiger partial charge in [-0.2, -0.15) is 0 Å². The molecule has 0 aliphatic rings. The van der Waals surface area contributed by atoms with Gasteiger partial charge in [0, 0.05) is 17.3 Å². The van der Waals surface area contributed by atoms with Crippen molar-refractivity contribution >= 4 is 11.6 Å². The molecule has 0 aliphatic carbocycles. The number of ether oxygens (including phenoxy) is 1. The van der Waals surface area contributed by atoms with Gasteiger partial charge >= 0.3 is 0 Å². The second kappa shape index (κ2) is 8.54. The summed E-state index contributed by atoms with van der Waals surface area (Å²) in [5, 5.41) is 2.94. The molecule has 3 aromatic carbocycles. The molecule has 3 nitrogen and oxygen atoms in total. The molecule has 1 N–H and O–H groups in total. The van der Waals surface area contributed by atoms with Crippen molar-refractivity contribution in [2.24, 2.45) is 0 Å². The van der Waals surface area contributed by atoms with Crippen LogP contribution >= 0.6 is 0 Å². The number of nitrogens with one attached hydrogen (secondary N) is 1. The Morgan fingerprint density at radius 1 is 0.926 bits per heavy atom. The molecule has 1 amide bonds. The monoisotopic (exact) mass is 359 g/mol. The van der Waals surface area contributed by atoms with Gasteiger partial charge in [-0.15, -0.1) is 0 Å². The fourth-order valence-corrected chi connectivity index (χ4v) is 2.83. The first-order valence-electron chi connectivity index (χ1n) is 9.33. The predicted molar refractivity (Wildman–Crippen MR) is 111 cm³/mol. The molecule has 0 aliphatic heterocycles. The van der Waals surface area contributed by atoms with Gasteiger partial charge in [-0.1, -0.05) is 51.1 Å². The van der Waals surface area contributed by atoms with Crippen molar-refractivity contribution in [2.75, 3.05) is 5.32 Å². The summed E-state index contributed by atoms with van der Waals surface area (Å²) in [6.07, 6.45) is 0.903. The van der Waals surface area contributed by atoms with Crippen LogP contribution in [0.3, 0.4) is 0 Å². The van der Waals surface area contributed by atoms with Gasteiger partial charge in [-0.3, -0.25) is 4.79 Å². The van der Waals surface area contributed by atoms with Crippen molar-refractivity contribution < 1.29 is 9.53 Å². The van der Waals surface area contributed by atoms with E-state index >= 15 is 0 Å². The van der Waals surface area contributed by atoms with E-state index in [0.717, 1.165) is 17.7 Å². The second-order valence-corrected chi connectivity index (χ2v) is 6.86. The summed E-state index contributed by atoms with van der Waals surface area (Å²) >= 11 is 0. The van der Waals surface area contributed by atoms with Crippen LogP contribution in [0.1, 0.15) is 48.2 Å². The standard InChI is InChI=1S/C24H25NO2/c1-4-18-7-5-8-20(15-18)24(26)25-21-9-6-10-23(16-21)27-22-13-11-19(12-14-22)17(2)3/h5-17H,4H2,1-3H3,(H,25,26). The molecule has 0 heterocycles. The van der Waals surface area contributed by atoms with Gasteiger partial charge in [0.2, 0.25) is 0 Å². The van der Waals surface area contributed by atoms with Crippen LogP contribution in [0.25, 0.3) is 0 Å². The van der Waals surface area contributed by atoms with E-state index in [-0.39, 0.29) is 5.91 Å². The normalized spacial score (nSPS) is 10.7. The lowest BCUT2D eigenvalue weighted by Crippen LogP contribution is -2.12. The van der Waals surface area contributed by atoms with Gasteiger partial charge in [0.15, 0.2) is 0 Å². The van der Waals surface area contributed by atoms with Gasteiger partial charge in [-0.25, -0.2) is 0 Å². The van der Waals surface area contributed by atoms with Crippen molar-refractivity contribution in [2.45, 2.75) is 33.1 Å². The van der Waals surface area contributed by atoms with Gasteiger partial charge in [0.25, 0.3) is 5.91 Å². The molecule has 0 fully saturated rings. The number of benzene rings is 3. The van der Waals surface area contributed by atoms with Crippen molar-refractivity contribution in [1.82, 2.24) is 0 Å². The third-order valence-corrected chi connectivity index (χ3v) is 4.47. The van der Waals surface area contributed by atoms with Gasteiger partial charge in [0.1, 0.15) is 11.5 Å². The number of amides is 1. The Morgan fingerprint density at radius 3 is 2.37 bits per heavy atom. The lowest BCUT2D eigenvalue weighted by Gasteiger charge is -2.11. The largest absolute Gasteiger partial charge is 0.457 e. The fourth-order valence-electron chi connectivity index (χ4n) is 2.83. The summed E-state index contributed by atoms with van der Waals surface area (Å²) in [5.74, 6) is 1.83. The Hall–Kier alpha value is -3.07. The van der Waals surface area contributed by atoms with Crippen molar-refractivity contribution in [3.63, 3.8) is 0 Å². The third kappa shape index (κ3) is 4.98. The highest BCUT2D eigenvalue weighted by Gasteiger charge is 2.08. The van der Waals surface area contributed by atoms with E-state index < -0.39 is 0 Å². The third-order valence-electron chi connectivity index (χ3n) is 4.47. The van der Waals surface area contributed by atoms with E-state index in [0.29, 0.717) is 22.9 Å². The Kier molecular flexibility index (Phi) is 5.92. The zero-order valence-electron chi connectivity index (χ0n) is 16.0. The smallest absolute Gasteiger partial charge is 0.255 e. The average Bonchev–Trinajstić information content (AvgIpc) is 2.68. The molecule has 0 spiro atoms. The zero-order valence-corrected chi connectivity index (χ0v) is 16.0. The summed E-state index contributed by atoms with van der Waals surface area (Å²) in [4.78, 5) is 12.5. The Balaban J connectivity index is 1.70. The molecule has 0 bridgehead atoms. The maximum Gasteiger partial charge on any atom is 0.255 e. The second-order valence-electron chi connectivity index (χ2n) is 6.86. The molecule has 138 valence electrons. The van der Waals surface area contributed by atoms with Crippen LogP contribution in [0.5, 0.6) is 11.5 Å². The first-order valence-corrected chi connectivity index (χ1v) is 9.33. The summed E-state index contributed by atoms with van der Waals surface area (Å²) in [5.41, 5.74) is 3.78. The van der Waals surface area contributed by atoms with E-state index in [1.165, 1.54) is 5.56 Å². The number of rotatable bonds is 6. The Morgan fingerprint density at radius 2 is 1.67 bits per heavy atom. The lowest BCUT2D eigenvalue weighted by atomic mass is 10.0. The van der Waals surface area contributed by atoms with Crippen molar-refractivity contribution in [3.8, 4) is 11.5 Å². The molecular formula is C24H25NO2. The highest BCUT2D eigenvalue weighted by molar-refractivity contribution is 6.04. The summed E-state index contributed by atoms with van der Waals surface area (Å²) in [6.45, 7) is 6.40. The van der Waals surface area contributed by atoms with E-state index in [1.807, 2.05) is 60.7 Å². The maximum atomic E-state index is 12.5. The van der Waals surface area contributed by atoms with Gasteiger partial charge < -0.3 is 10.1 Å². The molecule has 0 aromatic heterocycles. The van der Waals surface area contributed by atoms with Crippen LogP contribution in [-0.2, 0) is 6.42 Å². The first kappa shape index (κ1) is 18.7. The number of hydrogen-bond acceptors (Lipinski definition) is 2. The molecular weight excluding hydrogens is 334 g/mol. The molecule has 3 aromatic rings. The zero-order chi connectivity index (χ0) is 19.2. The lowest BCUT2D eigenvalue weighted by molar-refractivity contribution is 0.102. The van der Waals surface area contributed by atoms with E-state index in [1.54, 1.807) is 0 Å². The molecule has 27 heavy (non-hydrogen) atoms. The summed E-state index contributed by atoms with van der Waals surface area (Å²) < 4.78 is 5.93. The maximum absolute atomic E-state index is 12.5. The van der Waals surface area contributed by atoms with Gasteiger partial charge in [-0.05, 0) is 59.9 Å². The minimum absolute atomic E-state index is 0.122. The van der Waals surface area contributed by atoms with Crippen LogP contribution in [0.2, 0.25) is 0 Å². The highest BCUT2D eigenvalue weighted by atomic mass is 16.5. The van der Waals surface area contributed by atoms with Crippen LogP contribution < -0.4 is 10.1 Å². The quantitative estimate of drug-likeness (QED) is 0.552. The molecule has 0 saturated heterocycles. The topological polar surface area (TPSA) is 38.3 Å². The van der Waals surface area contributed by atoms with E-state index in [4.69, 9.17) is 4.74 Å². The van der Waals surface area contributed by atoms with Crippen LogP contribution in [-0.4, -0.2) is 5.91 Å². The number of carbonyl (C=O) groups is 1. The fraction of sp³-hybridized carbons (Fsp3) is 0.208. The Bertz CT molecular complexity index is 914. The highest BCUT2D eigenvalue weighted by Crippen LogP contribution is 2.26. The SMILES string of the molecule is CCc1cccc(C(=O)Nc2cccc(Oc3ccc(C(C)C)cc3)c2)c1. The predicted octanol–water partition coefficient (Wildman–Crippen LogP) is 6.42. The molecule has 0 unspecified atom stereocenters. The van der Waals surface area contributed by atoms with Gasteiger partial charge in [0.05, 0.1) is 0 Å². The minimum Gasteiger partial charge on any atom is -0.457 e. The van der Waals surface area contributed by atoms with Crippen molar-refractivity contribution in [3.05, 3.63) is 89.5 Å². The van der Waals surface area contributed by atoms with Crippen molar-refractivity contribution in [1.29, 1.82) is 0 Å². The number of anilines is 1. The molecule has 0 atom stereocenters. The molecule has 3 rings (SSSR count). The average molecular weight is 359 g/mol. The summed E-state index contributed by atoms with van der Waals surface area (Å²) in [7, 11) is 0. The number of aryl methyl sites for hydroxylation is 1. The molecule has 3 heteroatoms. The van der Waals surface area contributed by atoms with Crippen LogP contribution in [0, 0.1) is 0 Å². The Labute approximate surface area is 161 Å². The number of hydrogen-bond donors (Lipinski definition) is 1. The number of carbonyl (C=O) groups excluding carboxylic acids is 1. The molecule has 0 saturated carbocycles. The van der Waals surface area contributed by atoms with Crippen LogP contribution in [0.4, 0.5) is 5.69 Å². The van der Waals surface area contributed by atoms with E-state index in [2.05, 4.69) is 38.2 Å². The van der Waals surface area contributed by atoms with Crippen LogP contribution in [0.15, 0.2) is 72.8 Å². The summed E-state index contributed by atoms with van der Waals surface area (Å²) in [6, 6.07) is 23.2. The van der Waals surface area contributed by atoms with E-state index in [9.17, 15) is 4.79 Å². The minimum atomic E-state index is -0.122.